The Morgan fingerprint density at radius 1 is 1.19 bits per heavy atom. The van der Waals surface area contributed by atoms with Gasteiger partial charge in [0.1, 0.15) is 22.0 Å². The van der Waals surface area contributed by atoms with Gasteiger partial charge in [-0.1, -0.05) is 39.3 Å². The monoisotopic (exact) mass is 618 g/mol. The number of fused-ring (bicyclic) bond motifs is 1. The lowest BCUT2D eigenvalue weighted by Crippen LogP contribution is -2.54. The van der Waals surface area contributed by atoms with Crippen molar-refractivity contribution in [2.24, 2.45) is 28.1 Å². The quantitative estimate of drug-likeness (QED) is 0.371. The Morgan fingerprint density at radius 3 is 2.45 bits per heavy atom. The molecule has 2 aliphatic heterocycles. The van der Waals surface area contributed by atoms with Gasteiger partial charge in [0.2, 0.25) is 10.0 Å². The van der Waals surface area contributed by atoms with Crippen LogP contribution in [0.1, 0.15) is 45.6 Å². The highest BCUT2D eigenvalue weighted by Gasteiger charge is 2.51. The van der Waals surface area contributed by atoms with Crippen molar-refractivity contribution in [3.8, 4) is 0 Å². The zero-order chi connectivity index (χ0) is 30.6. The van der Waals surface area contributed by atoms with Crippen molar-refractivity contribution in [1.29, 1.82) is 0 Å². The lowest BCUT2D eigenvalue weighted by molar-refractivity contribution is -0.134. The number of sulfonamides is 2. The first kappa shape index (κ1) is 30.0. The standard InChI is InChI=1S/C29H35FN4O6S2/c1-5-6-21(22-13-16(22)2)26-17(3)27(35)25(29(36)34(26)15-18-7-9-19(30)10-8-18)28-31-23-12-11-20(32-41(4,37)38)14-24(23)42(39,40)33-28/h7-12,14,16-17,21-22,26,32,35H,5-6,13,15H2,1-4H3,(H,31,33). The van der Waals surface area contributed by atoms with Crippen LogP contribution in [0.3, 0.4) is 0 Å². The predicted molar refractivity (Wildman–Crippen MR) is 158 cm³/mol. The molecule has 13 heteroatoms. The molecule has 2 heterocycles. The molecule has 1 amide bonds. The molecule has 3 aliphatic rings. The first-order valence-electron chi connectivity index (χ1n) is 13.9. The molecule has 1 aliphatic carbocycles. The number of aliphatic hydroxyl groups excluding tert-OH is 1. The normalized spacial score (nSPS) is 25.8. The van der Waals surface area contributed by atoms with Gasteiger partial charge in [-0.25, -0.2) is 12.8 Å². The highest BCUT2D eigenvalue weighted by molar-refractivity contribution is 7.92. The van der Waals surface area contributed by atoms with Crippen molar-refractivity contribution in [1.82, 2.24) is 4.90 Å². The van der Waals surface area contributed by atoms with Crippen LogP contribution in [0.4, 0.5) is 15.8 Å². The Hall–Kier alpha value is -3.45. The molecule has 226 valence electrons. The Balaban J connectivity index is 1.57. The molecule has 0 aromatic heterocycles. The third-order valence-electron chi connectivity index (χ3n) is 8.35. The number of hydrogen-bond donors (Lipinski definition) is 3. The van der Waals surface area contributed by atoms with Gasteiger partial charge in [-0.05, 0) is 66.5 Å². The molecular weight excluding hydrogens is 583 g/mol. The van der Waals surface area contributed by atoms with E-state index >= 15 is 0 Å². The number of halogens is 1. The number of amidine groups is 1. The summed E-state index contributed by atoms with van der Waals surface area (Å²) in [6.07, 6.45) is 3.72. The number of benzene rings is 2. The third-order valence-corrected chi connectivity index (χ3v) is 10.3. The van der Waals surface area contributed by atoms with Crippen molar-refractivity contribution in [3.05, 3.63) is 65.2 Å². The number of nitrogens with zero attached hydrogens (tertiary/aromatic N) is 2. The van der Waals surface area contributed by atoms with Crippen molar-refractivity contribution >= 4 is 43.2 Å². The first-order valence-corrected chi connectivity index (χ1v) is 17.3. The van der Waals surface area contributed by atoms with Crippen molar-refractivity contribution in [2.45, 2.75) is 57.5 Å². The average Bonchev–Trinajstić information content (AvgIpc) is 3.63. The number of nitrogens with one attached hydrogen (secondary N) is 2. The van der Waals surface area contributed by atoms with Crippen molar-refractivity contribution in [2.75, 3.05) is 16.3 Å². The molecule has 10 nitrogen and oxygen atoms in total. The summed E-state index contributed by atoms with van der Waals surface area (Å²) < 4.78 is 69.6. The van der Waals surface area contributed by atoms with E-state index in [1.54, 1.807) is 17.0 Å². The van der Waals surface area contributed by atoms with Crippen molar-refractivity contribution in [3.63, 3.8) is 0 Å². The van der Waals surface area contributed by atoms with Gasteiger partial charge in [0.05, 0.1) is 11.9 Å². The number of rotatable bonds is 9. The summed E-state index contributed by atoms with van der Waals surface area (Å²) >= 11 is 0. The summed E-state index contributed by atoms with van der Waals surface area (Å²) in [5.74, 6) is -1.06. The van der Waals surface area contributed by atoms with E-state index in [9.17, 15) is 31.1 Å². The second-order valence-electron chi connectivity index (χ2n) is 11.6. The van der Waals surface area contributed by atoms with E-state index in [-0.39, 0.29) is 51.9 Å². The second kappa shape index (κ2) is 11.0. The summed E-state index contributed by atoms with van der Waals surface area (Å²) in [6.45, 7) is 6.23. The maximum absolute atomic E-state index is 14.3. The highest BCUT2D eigenvalue weighted by Crippen LogP contribution is 2.51. The van der Waals surface area contributed by atoms with E-state index in [2.05, 4.69) is 28.3 Å². The number of anilines is 2. The molecule has 0 radical (unpaired) electrons. The molecule has 1 saturated carbocycles. The summed E-state index contributed by atoms with van der Waals surface area (Å²) in [6, 6.07) is 9.40. The molecule has 42 heavy (non-hydrogen) atoms. The van der Waals surface area contributed by atoms with Crippen LogP contribution in [-0.4, -0.2) is 50.9 Å². The summed E-state index contributed by atoms with van der Waals surface area (Å²) in [5.41, 5.74) is 0.577. The molecule has 0 bridgehead atoms. The minimum absolute atomic E-state index is 0.0364. The summed E-state index contributed by atoms with van der Waals surface area (Å²) in [4.78, 5) is 15.7. The Kier molecular flexibility index (Phi) is 7.86. The molecule has 1 fully saturated rings. The van der Waals surface area contributed by atoms with Crippen LogP contribution in [0, 0.1) is 29.5 Å². The number of aliphatic hydroxyl groups is 1. The average molecular weight is 619 g/mol. The fraction of sp³-hybridized carbons (Fsp3) is 0.448. The van der Waals surface area contributed by atoms with E-state index in [0.717, 1.165) is 31.6 Å². The van der Waals surface area contributed by atoms with E-state index in [1.165, 1.54) is 24.3 Å². The highest BCUT2D eigenvalue weighted by atomic mass is 32.2. The molecule has 5 atom stereocenters. The minimum atomic E-state index is -4.38. The number of amides is 1. The Labute approximate surface area is 245 Å². The van der Waals surface area contributed by atoms with Gasteiger partial charge in [-0.15, -0.1) is 4.40 Å². The lowest BCUT2D eigenvalue weighted by Gasteiger charge is -2.45. The maximum Gasteiger partial charge on any atom is 0.286 e. The van der Waals surface area contributed by atoms with Crippen LogP contribution in [0.15, 0.2) is 63.1 Å². The molecular formula is C29H35FN4O6S2. The first-order chi connectivity index (χ1) is 19.7. The zero-order valence-electron chi connectivity index (χ0n) is 23.8. The molecule has 2 aromatic rings. The van der Waals surface area contributed by atoms with Gasteiger partial charge >= 0.3 is 0 Å². The van der Waals surface area contributed by atoms with Crippen molar-refractivity contribution < 1.29 is 31.1 Å². The van der Waals surface area contributed by atoms with Crippen LogP contribution < -0.4 is 10.0 Å². The third kappa shape index (κ3) is 5.89. The van der Waals surface area contributed by atoms with Gasteiger partial charge in [-0.3, -0.25) is 9.52 Å². The molecule has 0 spiro atoms. The minimum Gasteiger partial charge on any atom is -0.511 e. The summed E-state index contributed by atoms with van der Waals surface area (Å²) in [5, 5.41) is 14.4. The fourth-order valence-corrected chi connectivity index (χ4v) is 8.00. The topological polar surface area (TPSA) is 145 Å². The summed E-state index contributed by atoms with van der Waals surface area (Å²) in [7, 11) is -8.04. The van der Waals surface area contributed by atoms with Crippen LogP contribution in [0.25, 0.3) is 0 Å². The number of hydrogen-bond acceptors (Lipinski definition) is 7. The van der Waals surface area contributed by atoms with Gasteiger partial charge in [-0.2, -0.15) is 8.42 Å². The molecule has 5 rings (SSSR count). The molecule has 2 aromatic carbocycles. The Bertz CT molecular complexity index is 1690. The van der Waals surface area contributed by atoms with Gasteiger partial charge in [0.25, 0.3) is 15.9 Å². The lowest BCUT2D eigenvalue weighted by atomic mass is 9.77. The van der Waals surface area contributed by atoms with E-state index in [4.69, 9.17) is 0 Å². The van der Waals surface area contributed by atoms with E-state index in [0.29, 0.717) is 17.4 Å². The van der Waals surface area contributed by atoms with Gasteiger partial charge in [0.15, 0.2) is 5.84 Å². The maximum atomic E-state index is 14.3. The fourth-order valence-electron chi connectivity index (χ4n) is 6.30. The zero-order valence-corrected chi connectivity index (χ0v) is 25.5. The number of carbonyl (C=O) groups is 1. The number of carbonyl (C=O) groups excluding carboxylic acids is 1. The smallest absolute Gasteiger partial charge is 0.286 e. The Morgan fingerprint density at radius 2 is 1.86 bits per heavy atom. The van der Waals surface area contributed by atoms with E-state index in [1.807, 2.05) is 6.92 Å². The second-order valence-corrected chi connectivity index (χ2v) is 14.9. The molecule has 5 unspecified atom stereocenters. The van der Waals surface area contributed by atoms with Gasteiger partial charge < -0.3 is 15.3 Å². The molecule has 0 saturated heterocycles. The van der Waals surface area contributed by atoms with Crippen LogP contribution >= 0.6 is 0 Å². The van der Waals surface area contributed by atoms with Crippen LogP contribution in [0.5, 0.6) is 0 Å². The SMILES string of the molecule is CCCC(C1CC1C)C1C(C)C(O)=C(C2=NS(=O)(=O)c3cc(NS(C)(=O)=O)ccc3N2)C(=O)N1Cc1ccc(F)cc1. The van der Waals surface area contributed by atoms with Gasteiger partial charge in [0, 0.05) is 24.2 Å². The molecule has 3 N–H and O–H groups in total. The predicted octanol–water partition coefficient (Wildman–Crippen LogP) is 4.64. The van der Waals surface area contributed by atoms with Crippen LogP contribution in [0.2, 0.25) is 0 Å². The van der Waals surface area contributed by atoms with E-state index < -0.39 is 37.7 Å². The largest absolute Gasteiger partial charge is 0.511 e. The van der Waals surface area contributed by atoms with Crippen LogP contribution in [-0.2, 0) is 31.4 Å².